The number of hydrogen-bond acceptors (Lipinski definition) is 6. The maximum absolute atomic E-state index is 12.6. The summed E-state index contributed by atoms with van der Waals surface area (Å²) in [5.74, 6) is -1.69. The highest BCUT2D eigenvalue weighted by Crippen LogP contribution is 2.25. The van der Waals surface area contributed by atoms with E-state index in [1.54, 1.807) is 4.68 Å². The minimum atomic E-state index is -4.59. The summed E-state index contributed by atoms with van der Waals surface area (Å²) in [6, 6.07) is 1.10. The molecule has 0 spiro atoms. The zero-order valence-corrected chi connectivity index (χ0v) is 16.6. The molecule has 30 heavy (non-hydrogen) atoms. The van der Waals surface area contributed by atoms with Crippen molar-refractivity contribution in [2.24, 2.45) is 0 Å². The van der Waals surface area contributed by atoms with Gasteiger partial charge in [-0.3, -0.25) is 9.48 Å². The van der Waals surface area contributed by atoms with Crippen LogP contribution in [0.25, 0.3) is 0 Å². The van der Waals surface area contributed by atoms with Gasteiger partial charge in [0, 0.05) is 6.54 Å². The van der Waals surface area contributed by atoms with E-state index in [1.165, 1.54) is 7.11 Å². The lowest BCUT2D eigenvalue weighted by Gasteiger charge is -2.13. The molecule has 1 aliphatic heterocycles. The van der Waals surface area contributed by atoms with E-state index in [9.17, 15) is 22.8 Å². The molecule has 0 radical (unpaired) electrons. The fourth-order valence-electron chi connectivity index (χ4n) is 3.13. The average Bonchev–Trinajstić information content (AvgIpc) is 3.08. The third-order valence-electron chi connectivity index (χ3n) is 4.44. The number of halogens is 4. The number of nitrogens with zero attached hydrogens (tertiary/aromatic N) is 3. The molecule has 0 aromatic carbocycles. The number of esters is 1. The normalized spacial score (nSPS) is 13.5. The second kappa shape index (κ2) is 8.90. The molecule has 1 N–H and O–H groups in total. The number of aromatic nitrogens is 3. The molecule has 0 saturated heterocycles. The van der Waals surface area contributed by atoms with E-state index < -0.39 is 24.7 Å². The number of rotatable bonds is 6. The van der Waals surface area contributed by atoms with Gasteiger partial charge in [0.2, 0.25) is 0 Å². The van der Waals surface area contributed by atoms with Crippen LogP contribution in [0.15, 0.2) is 12.3 Å². The number of carbonyl (C=O) groups is 2. The predicted molar refractivity (Wildman–Crippen MR) is 98.5 cm³/mol. The highest BCUT2D eigenvalue weighted by atomic mass is 35.5. The van der Waals surface area contributed by atoms with Gasteiger partial charge in [0.05, 0.1) is 36.8 Å². The average molecular weight is 447 g/mol. The summed E-state index contributed by atoms with van der Waals surface area (Å²) in [4.78, 5) is 28.5. The van der Waals surface area contributed by atoms with Crippen LogP contribution >= 0.6 is 11.6 Å². The van der Waals surface area contributed by atoms with Crippen molar-refractivity contribution in [3.63, 3.8) is 0 Å². The molecular formula is C18H18ClF3N4O4. The molecule has 8 nitrogen and oxygen atoms in total. The van der Waals surface area contributed by atoms with Crippen LogP contribution in [0.4, 0.5) is 13.2 Å². The predicted octanol–water partition coefficient (Wildman–Crippen LogP) is 2.93. The highest BCUT2D eigenvalue weighted by Gasteiger charge is 2.30. The summed E-state index contributed by atoms with van der Waals surface area (Å²) in [6.07, 6.45) is -1.18. The number of aryl methyl sites for hydroxylation is 1. The molecule has 0 saturated carbocycles. The van der Waals surface area contributed by atoms with Crippen LogP contribution in [-0.2, 0) is 24.2 Å². The SMILES string of the molecule is COC(=O)c1c(CNC(=O)c2cc(Cl)ncc2OCC(F)(F)F)nn2c1CCCC2. The zero-order valence-electron chi connectivity index (χ0n) is 15.9. The van der Waals surface area contributed by atoms with Crippen LogP contribution < -0.4 is 10.1 Å². The van der Waals surface area contributed by atoms with Crippen LogP contribution in [-0.4, -0.2) is 46.5 Å². The topological polar surface area (TPSA) is 95.3 Å². The minimum Gasteiger partial charge on any atom is -0.482 e. The van der Waals surface area contributed by atoms with Gasteiger partial charge in [0.1, 0.15) is 10.7 Å². The van der Waals surface area contributed by atoms with Gasteiger partial charge in [0.15, 0.2) is 12.4 Å². The van der Waals surface area contributed by atoms with Crippen molar-refractivity contribution in [2.45, 2.75) is 38.5 Å². The van der Waals surface area contributed by atoms with Crippen molar-refractivity contribution in [1.29, 1.82) is 0 Å². The molecule has 0 fully saturated rings. The van der Waals surface area contributed by atoms with Gasteiger partial charge in [-0.25, -0.2) is 9.78 Å². The lowest BCUT2D eigenvalue weighted by Crippen LogP contribution is -2.26. The van der Waals surface area contributed by atoms with Crippen LogP contribution in [0, 0.1) is 0 Å². The highest BCUT2D eigenvalue weighted by molar-refractivity contribution is 6.29. The molecular weight excluding hydrogens is 429 g/mol. The first-order chi connectivity index (χ1) is 14.2. The molecule has 0 unspecified atom stereocenters. The Hall–Kier alpha value is -2.82. The summed E-state index contributed by atoms with van der Waals surface area (Å²) in [7, 11) is 1.25. The van der Waals surface area contributed by atoms with Gasteiger partial charge >= 0.3 is 12.1 Å². The second-order valence-electron chi connectivity index (χ2n) is 6.53. The summed E-state index contributed by atoms with van der Waals surface area (Å²) in [6.45, 7) is -1.08. The molecule has 3 rings (SSSR count). The Morgan fingerprint density at radius 3 is 2.80 bits per heavy atom. The first kappa shape index (κ1) is 21.9. The van der Waals surface area contributed by atoms with Crippen molar-refractivity contribution in [3.05, 3.63) is 39.9 Å². The lowest BCUT2D eigenvalue weighted by atomic mass is 10.0. The standard InChI is InChI=1S/C18H18ClF3N4O4/c1-29-17(28)15-11(25-26-5-3-2-4-12(15)26)7-24-16(27)10-6-14(19)23-8-13(10)30-9-18(20,21)22/h6,8H,2-5,7,9H2,1H3,(H,24,27). The van der Waals surface area contributed by atoms with Gasteiger partial charge in [-0.2, -0.15) is 18.3 Å². The number of hydrogen-bond donors (Lipinski definition) is 1. The Labute approximate surface area is 174 Å². The fraction of sp³-hybridized carbons (Fsp3) is 0.444. The lowest BCUT2D eigenvalue weighted by molar-refractivity contribution is -0.153. The zero-order chi connectivity index (χ0) is 21.9. The molecule has 162 valence electrons. The Balaban J connectivity index is 1.80. The third-order valence-corrected chi connectivity index (χ3v) is 4.65. The van der Waals surface area contributed by atoms with Gasteiger partial charge in [-0.05, 0) is 25.3 Å². The quantitative estimate of drug-likeness (QED) is 0.541. The number of alkyl halides is 3. The van der Waals surface area contributed by atoms with E-state index in [0.29, 0.717) is 24.2 Å². The minimum absolute atomic E-state index is 0.0905. The Kier molecular flexibility index (Phi) is 6.49. The van der Waals surface area contributed by atoms with Gasteiger partial charge in [-0.15, -0.1) is 0 Å². The van der Waals surface area contributed by atoms with E-state index in [0.717, 1.165) is 30.8 Å². The summed E-state index contributed by atoms with van der Waals surface area (Å²) < 4.78 is 48.6. The maximum atomic E-state index is 12.6. The summed E-state index contributed by atoms with van der Waals surface area (Å²) >= 11 is 5.78. The molecule has 1 aliphatic rings. The van der Waals surface area contributed by atoms with Gasteiger partial charge in [0.25, 0.3) is 5.91 Å². The Bertz CT molecular complexity index is 962. The van der Waals surface area contributed by atoms with E-state index in [1.807, 2.05) is 0 Å². The Morgan fingerprint density at radius 1 is 1.33 bits per heavy atom. The monoisotopic (exact) mass is 446 g/mol. The number of carbonyl (C=O) groups excluding carboxylic acids is 2. The number of nitrogens with one attached hydrogen (secondary N) is 1. The Morgan fingerprint density at radius 2 is 2.10 bits per heavy atom. The fourth-order valence-corrected chi connectivity index (χ4v) is 3.29. The smallest absolute Gasteiger partial charge is 0.422 e. The second-order valence-corrected chi connectivity index (χ2v) is 6.92. The number of methoxy groups -OCH3 is 1. The van der Waals surface area contributed by atoms with E-state index in [-0.39, 0.29) is 23.0 Å². The van der Waals surface area contributed by atoms with Crippen LogP contribution in [0.1, 0.15) is 44.9 Å². The molecule has 1 amide bonds. The van der Waals surface area contributed by atoms with Crippen LogP contribution in [0.5, 0.6) is 5.75 Å². The molecule has 2 aromatic heterocycles. The molecule has 0 atom stereocenters. The first-order valence-corrected chi connectivity index (χ1v) is 9.37. The number of ether oxygens (including phenoxy) is 2. The van der Waals surface area contributed by atoms with Crippen molar-refractivity contribution < 1.29 is 32.2 Å². The van der Waals surface area contributed by atoms with Gasteiger partial charge in [-0.1, -0.05) is 11.6 Å². The van der Waals surface area contributed by atoms with Crippen LogP contribution in [0.3, 0.4) is 0 Å². The molecule has 0 bridgehead atoms. The maximum Gasteiger partial charge on any atom is 0.422 e. The van der Waals surface area contributed by atoms with E-state index >= 15 is 0 Å². The van der Waals surface area contributed by atoms with Gasteiger partial charge < -0.3 is 14.8 Å². The summed E-state index contributed by atoms with van der Waals surface area (Å²) in [5, 5.41) is 6.82. The molecule has 0 aliphatic carbocycles. The van der Waals surface area contributed by atoms with Crippen molar-refractivity contribution in [3.8, 4) is 5.75 Å². The third kappa shape index (κ3) is 5.02. The largest absolute Gasteiger partial charge is 0.482 e. The van der Waals surface area contributed by atoms with Crippen molar-refractivity contribution in [2.75, 3.05) is 13.7 Å². The molecule has 2 aromatic rings. The number of amides is 1. The first-order valence-electron chi connectivity index (χ1n) is 8.99. The molecule has 12 heteroatoms. The van der Waals surface area contributed by atoms with Crippen molar-refractivity contribution in [1.82, 2.24) is 20.1 Å². The van der Waals surface area contributed by atoms with Crippen molar-refractivity contribution >= 4 is 23.5 Å². The summed E-state index contributed by atoms with van der Waals surface area (Å²) in [5.41, 5.74) is 1.12. The van der Waals surface area contributed by atoms with E-state index in [4.69, 9.17) is 16.3 Å². The molecule has 3 heterocycles. The number of fused-ring (bicyclic) bond motifs is 1. The van der Waals surface area contributed by atoms with E-state index in [2.05, 4.69) is 20.1 Å². The number of pyridine rings is 1. The van der Waals surface area contributed by atoms with Crippen LogP contribution in [0.2, 0.25) is 5.15 Å².